The number of anilines is 1. The third kappa shape index (κ3) is 4.47. The van der Waals surface area contributed by atoms with E-state index in [2.05, 4.69) is 16.1 Å². The minimum Gasteiger partial charge on any atom is -0.334 e. The first-order chi connectivity index (χ1) is 17.8. The molecule has 37 heavy (non-hydrogen) atoms. The number of sulfonamides is 1. The Balaban J connectivity index is 1.41. The van der Waals surface area contributed by atoms with Gasteiger partial charge in [0.15, 0.2) is 0 Å². The van der Waals surface area contributed by atoms with Crippen LogP contribution in [0.25, 0.3) is 11.1 Å². The second-order valence-electron chi connectivity index (χ2n) is 9.59. The number of nitrogens with zero attached hydrogens (tertiary/aromatic N) is 2. The molecule has 2 amide bonds. The van der Waals surface area contributed by atoms with Gasteiger partial charge in [-0.2, -0.15) is 5.26 Å². The molecule has 1 spiro atoms. The number of nitriles is 1. The average molecular weight is 519 g/mol. The number of carbonyl (C=O) groups is 1. The van der Waals surface area contributed by atoms with Crippen LogP contribution in [0.5, 0.6) is 0 Å². The van der Waals surface area contributed by atoms with Crippen molar-refractivity contribution in [2.24, 2.45) is 0 Å². The summed E-state index contributed by atoms with van der Waals surface area (Å²) in [4.78, 5) is 15.2. The van der Waals surface area contributed by atoms with Crippen molar-refractivity contribution >= 4 is 21.7 Å². The number of rotatable bonds is 5. The summed E-state index contributed by atoms with van der Waals surface area (Å²) in [6, 6.07) is 18.3. The second kappa shape index (κ2) is 9.61. The number of fused-ring (bicyclic) bond motifs is 2. The minimum absolute atomic E-state index is 0.159. The molecule has 3 aromatic rings. The first-order valence-corrected chi connectivity index (χ1v) is 13.7. The zero-order chi connectivity index (χ0) is 26.2. The molecule has 0 unspecified atom stereocenters. The lowest BCUT2D eigenvalue weighted by atomic mass is 9.79. The largest absolute Gasteiger partial charge is 0.334 e. The van der Waals surface area contributed by atoms with Crippen molar-refractivity contribution in [2.45, 2.75) is 42.5 Å². The molecule has 1 heterocycles. The van der Waals surface area contributed by atoms with Crippen LogP contribution >= 0.6 is 0 Å². The van der Waals surface area contributed by atoms with Gasteiger partial charge in [-0.3, -0.25) is 4.90 Å². The number of benzene rings is 3. The summed E-state index contributed by atoms with van der Waals surface area (Å²) in [7, 11) is -2.17. The van der Waals surface area contributed by atoms with Crippen LogP contribution < -0.4 is 14.9 Å². The third-order valence-corrected chi connectivity index (χ3v) is 8.92. The monoisotopic (exact) mass is 518 g/mol. The lowest BCUT2D eigenvalue weighted by Gasteiger charge is -2.25. The molecule has 9 heteroatoms. The Morgan fingerprint density at radius 3 is 2.51 bits per heavy atom. The van der Waals surface area contributed by atoms with Crippen LogP contribution in [0, 0.1) is 17.1 Å². The normalized spacial score (nSPS) is 16.0. The van der Waals surface area contributed by atoms with Gasteiger partial charge in [-0.1, -0.05) is 37.1 Å². The summed E-state index contributed by atoms with van der Waals surface area (Å²) < 4.78 is 40.9. The Labute approximate surface area is 216 Å². The van der Waals surface area contributed by atoms with Gasteiger partial charge in [-0.25, -0.2) is 22.3 Å². The maximum absolute atomic E-state index is 14.8. The standard InChI is InChI=1S/C28H27FN4O3S/c1-31-37(35,36)22-10-7-19(8-11-22)17-32-27(34)33-18-28(13-2-3-14-28)23-15-20(9-12-25(23)33)26-21(16-30)5-4-6-24(26)29/h4-12,15,31H,2-3,13-14,17-18H2,1H3,(H,32,34). The molecule has 0 bridgehead atoms. The average Bonchev–Trinajstić information content (AvgIpc) is 3.52. The van der Waals surface area contributed by atoms with Gasteiger partial charge in [-0.15, -0.1) is 0 Å². The predicted molar refractivity (Wildman–Crippen MR) is 139 cm³/mol. The topological polar surface area (TPSA) is 102 Å². The van der Waals surface area contributed by atoms with Crippen LogP contribution in [0.2, 0.25) is 0 Å². The molecule has 3 aromatic carbocycles. The Morgan fingerprint density at radius 2 is 1.84 bits per heavy atom. The highest BCUT2D eigenvalue weighted by Gasteiger charge is 2.46. The fourth-order valence-electron chi connectivity index (χ4n) is 5.57. The number of carbonyl (C=O) groups excluding carboxylic acids is 1. The fraction of sp³-hybridized carbons (Fsp3) is 0.286. The second-order valence-corrected chi connectivity index (χ2v) is 11.5. The van der Waals surface area contributed by atoms with Crippen molar-refractivity contribution < 1.29 is 17.6 Å². The van der Waals surface area contributed by atoms with E-state index in [0.29, 0.717) is 12.1 Å². The highest BCUT2D eigenvalue weighted by Crippen LogP contribution is 2.51. The van der Waals surface area contributed by atoms with Gasteiger partial charge in [0.2, 0.25) is 10.0 Å². The van der Waals surface area contributed by atoms with Crippen molar-refractivity contribution in [2.75, 3.05) is 18.5 Å². The number of amides is 2. The number of urea groups is 1. The van der Waals surface area contributed by atoms with E-state index in [1.165, 1.54) is 31.3 Å². The van der Waals surface area contributed by atoms with E-state index in [1.807, 2.05) is 12.1 Å². The van der Waals surface area contributed by atoms with Crippen molar-refractivity contribution in [1.29, 1.82) is 5.26 Å². The number of hydrogen-bond acceptors (Lipinski definition) is 4. The summed E-state index contributed by atoms with van der Waals surface area (Å²) in [5.41, 5.74) is 3.61. The summed E-state index contributed by atoms with van der Waals surface area (Å²) in [5, 5.41) is 12.5. The van der Waals surface area contributed by atoms with Crippen LogP contribution in [0.15, 0.2) is 65.6 Å². The maximum atomic E-state index is 14.8. The van der Waals surface area contributed by atoms with Gasteiger partial charge in [0.05, 0.1) is 16.5 Å². The highest BCUT2D eigenvalue weighted by molar-refractivity contribution is 7.89. The summed E-state index contributed by atoms with van der Waals surface area (Å²) in [6.45, 7) is 0.787. The first-order valence-electron chi connectivity index (χ1n) is 12.2. The molecule has 1 saturated carbocycles. The van der Waals surface area contributed by atoms with E-state index in [1.54, 1.807) is 29.2 Å². The van der Waals surface area contributed by atoms with Gasteiger partial charge in [0.1, 0.15) is 5.82 Å². The lowest BCUT2D eigenvalue weighted by molar-refractivity contribution is 0.245. The molecule has 1 fully saturated rings. The Hall–Kier alpha value is -3.74. The minimum atomic E-state index is -3.52. The van der Waals surface area contributed by atoms with Gasteiger partial charge in [0.25, 0.3) is 0 Å². The van der Waals surface area contributed by atoms with Crippen LogP contribution in [-0.2, 0) is 22.0 Å². The van der Waals surface area contributed by atoms with Crippen LogP contribution in [0.3, 0.4) is 0 Å². The van der Waals surface area contributed by atoms with E-state index in [4.69, 9.17) is 0 Å². The van der Waals surface area contributed by atoms with E-state index in [0.717, 1.165) is 42.5 Å². The Kier molecular flexibility index (Phi) is 6.48. The fourth-order valence-corrected chi connectivity index (χ4v) is 6.30. The Morgan fingerprint density at radius 1 is 1.11 bits per heavy atom. The van der Waals surface area contributed by atoms with Crippen LogP contribution in [-0.4, -0.2) is 28.0 Å². The molecule has 190 valence electrons. The van der Waals surface area contributed by atoms with E-state index < -0.39 is 15.8 Å². The van der Waals surface area contributed by atoms with E-state index in [9.17, 15) is 22.9 Å². The van der Waals surface area contributed by atoms with Gasteiger partial charge in [0, 0.05) is 29.8 Å². The lowest BCUT2D eigenvalue weighted by Crippen LogP contribution is -2.41. The molecule has 0 radical (unpaired) electrons. The number of hydrogen-bond donors (Lipinski definition) is 2. The van der Waals surface area contributed by atoms with Gasteiger partial charge < -0.3 is 5.32 Å². The number of nitrogens with one attached hydrogen (secondary N) is 2. The molecular weight excluding hydrogens is 491 g/mol. The van der Waals surface area contributed by atoms with Crippen LogP contribution in [0.1, 0.15) is 42.4 Å². The predicted octanol–water partition coefficient (Wildman–Crippen LogP) is 4.81. The summed E-state index contributed by atoms with van der Waals surface area (Å²) >= 11 is 0. The highest BCUT2D eigenvalue weighted by atomic mass is 32.2. The SMILES string of the molecule is CNS(=O)(=O)c1ccc(CNC(=O)N2CC3(CCCC3)c3cc(-c4c(F)cccc4C#N)ccc32)cc1. The molecule has 1 aliphatic carbocycles. The van der Waals surface area contributed by atoms with Crippen molar-refractivity contribution in [1.82, 2.24) is 10.0 Å². The summed E-state index contributed by atoms with van der Waals surface area (Å²) in [5.74, 6) is -0.444. The van der Waals surface area contributed by atoms with Gasteiger partial charge >= 0.3 is 6.03 Å². The Bertz CT molecular complexity index is 1510. The third-order valence-electron chi connectivity index (χ3n) is 7.49. The van der Waals surface area contributed by atoms with Crippen molar-refractivity contribution in [3.8, 4) is 17.2 Å². The molecule has 0 saturated heterocycles. The molecule has 2 aliphatic rings. The molecule has 2 N–H and O–H groups in total. The van der Waals surface area contributed by atoms with Gasteiger partial charge in [-0.05, 0) is 73.0 Å². The molecule has 0 atom stereocenters. The summed E-state index contributed by atoms with van der Waals surface area (Å²) in [6.07, 6.45) is 4.00. The van der Waals surface area contributed by atoms with E-state index in [-0.39, 0.29) is 34.0 Å². The zero-order valence-electron chi connectivity index (χ0n) is 20.4. The van der Waals surface area contributed by atoms with Crippen molar-refractivity contribution in [3.05, 3.63) is 83.2 Å². The molecule has 0 aromatic heterocycles. The molecule has 7 nitrogen and oxygen atoms in total. The molecule has 1 aliphatic heterocycles. The number of halogens is 1. The molecular formula is C28H27FN4O3S. The van der Waals surface area contributed by atoms with E-state index >= 15 is 0 Å². The smallest absolute Gasteiger partial charge is 0.322 e. The molecule has 5 rings (SSSR count). The van der Waals surface area contributed by atoms with Crippen molar-refractivity contribution in [3.63, 3.8) is 0 Å². The zero-order valence-corrected chi connectivity index (χ0v) is 21.2. The maximum Gasteiger partial charge on any atom is 0.322 e. The van der Waals surface area contributed by atoms with Crippen LogP contribution in [0.4, 0.5) is 14.9 Å². The first kappa shape index (κ1) is 24.9. The quantitative estimate of drug-likeness (QED) is 0.506.